The fourth-order valence-corrected chi connectivity index (χ4v) is 3.18. The molecule has 1 atom stereocenters. The van der Waals surface area contributed by atoms with Crippen molar-refractivity contribution < 1.29 is 4.74 Å². The van der Waals surface area contributed by atoms with E-state index < -0.39 is 0 Å². The Morgan fingerprint density at radius 3 is 2.52 bits per heavy atom. The van der Waals surface area contributed by atoms with Crippen molar-refractivity contribution in [1.82, 2.24) is 30.1 Å². The quantitative estimate of drug-likeness (QED) is 0.704. The molecule has 0 bridgehead atoms. The highest BCUT2D eigenvalue weighted by molar-refractivity contribution is 5.23. The first-order valence-corrected chi connectivity index (χ1v) is 8.43. The molecule has 2 aromatic heterocycles. The standard InChI is InChI=1S/C18H20N6O/c1-2-4-15(5-3-1)14-24-18(20-21-22-24)17(16-6-8-19-9-7-16)23-10-12-25-13-11-23/h1-9,17H,10-14H2/t17-/m1/s1. The second-order valence-electron chi connectivity index (χ2n) is 6.01. The predicted octanol–water partition coefficient (Wildman–Crippen LogP) is 1.54. The van der Waals surface area contributed by atoms with Gasteiger partial charge in [0.05, 0.1) is 25.8 Å². The largest absolute Gasteiger partial charge is 0.379 e. The summed E-state index contributed by atoms with van der Waals surface area (Å²) >= 11 is 0. The van der Waals surface area contributed by atoms with Gasteiger partial charge in [-0.3, -0.25) is 9.88 Å². The maximum atomic E-state index is 5.52. The molecule has 1 saturated heterocycles. The summed E-state index contributed by atoms with van der Waals surface area (Å²) in [6.07, 6.45) is 3.63. The lowest BCUT2D eigenvalue weighted by Gasteiger charge is -2.33. The fourth-order valence-electron chi connectivity index (χ4n) is 3.18. The molecule has 7 nitrogen and oxygen atoms in total. The van der Waals surface area contributed by atoms with Crippen LogP contribution >= 0.6 is 0 Å². The van der Waals surface area contributed by atoms with Crippen LogP contribution in [0.3, 0.4) is 0 Å². The van der Waals surface area contributed by atoms with Crippen LogP contribution in [0.25, 0.3) is 0 Å². The monoisotopic (exact) mass is 336 g/mol. The first-order chi connectivity index (χ1) is 12.4. The molecule has 3 heterocycles. The van der Waals surface area contributed by atoms with Gasteiger partial charge < -0.3 is 4.74 Å². The summed E-state index contributed by atoms with van der Waals surface area (Å²) < 4.78 is 7.40. The van der Waals surface area contributed by atoms with Crippen molar-refractivity contribution in [3.63, 3.8) is 0 Å². The number of aromatic nitrogens is 5. The van der Waals surface area contributed by atoms with E-state index in [9.17, 15) is 0 Å². The molecule has 0 aliphatic carbocycles. The van der Waals surface area contributed by atoms with Gasteiger partial charge in [0.25, 0.3) is 0 Å². The zero-order valence-electron chi connectivity index (χ0n) is 13.9. The third kappa shape index (κ3) is 3.57. The number of nitrogens with zero attached hydrogens (tertiary/aromatic N) is 6. The van der Waals surface area contributed by atoms with Crippen molar-refractivity contribution in [2.75, 3.05) is 26.3 Å². The van der Waals surface area contributed by atoms with E-state index in [1.807, 2.05) is 47.4 Å². The van der Waals surface area contributed by atoms with Gasteiger partial charge in [0, 0.05) is 25.5 Å². The molecular formula is C18H20N6O. The van der Waals surface area contributed by atoms with E-state index in [1.54, 1.807) is 0 Å². The minimum atomic E-state index is -0.00869. The third-order valence-corrected chi connectivity index (χ3v) is 4.41. The number of rotatable bonds is 5. The van der Waals surface area contributed by atoms with Crippen LogP contribution in [-0.4, -0.2) is 56.4 Å². The second kappa shape index (κ2) is 7.50. The van der Waals surface area contributed by atoms with Crippen LogP contribution in [0.15, 0.2) is 54.9 Å². The lowest BCUT2D eigenvalue weighted by Crippen LogP contribution is -2.40. The van der Waals surface area contributed by atoms with E-state index in [-0.39, 0.29) is 6.04 Å². The first-order valence-electron chi connectivity index (χ1n) is 8.43. The van der Waals surface area contributed by atoms with E-state index in [1.165, 1.54) is 5.56 Å². The lowest BCUT2D eigenvalue weighted by molar-refractivity contribution is 0.0216. The van der Waals surface area contributed by atoms with Crippen LogP contribution in [0.4, 0.5) is 0 Å². The molecule has 0 spiro atoms. The van der Waals surface area contributed by atoms with Crippen molar-refractivity contribution in [2.24, 2.45) is 0 Å². The maximum absolute atomic E-state index is 5.52. The molecule has 0 radical (unpaired) electrons. The van der Waals surface area contributed by atoms with Gasteiger partial charge in [-0.25, -0.2) is 4.68 Å². The van der Waals surface area contributed by atoms with Crippen molar-refractivity contribution in [3.05, 3.63) is 71.8 Å². The van der Waals surface area contributed by atoms with E-state index in [4.69, 9.17) is 4.74 Å². The van der Waals surface area contributed by atoms with Crippen LogP contribution in [0.1, 0.15) is 23.0 Å². The van der Waals surface area contributed by atoms with Crippen LogP contribution in [0, 0.1) is 0 Å². The zero-order valence-corrected chi connectivity index (χ0v) is 13.9. The predicted molar refractivity (Wildman–Crippen MR) is 91.8 cm³/mol. The van der Waals surface area contributed by atoms with Gasteiger partial charge in [0.2, 0.25) is 0 Å². The average Bonchev–Trinajstić information content (AvgIpc) is 3.12. The highest BCUT2D eigenvalue weighted by Crippen LogP contribution is 2.27. The normalized spacial score (nSPS) is 16.6. The van der Waals surface area contributed by atoms with Gasteiger partial charge >= 0.3 is 0 Å². The van der Waals surface area contributed by atoms with E-state index in [2.05, 4.69) is 37.5 Å². The number of hydrogen-bond acceptors (Lipinski definition) is 6. The molecule has 1 fully saturated rings. The number of ether oxygens (including phenoxy) is 1. The molecule has 7 heteroatoms. The molecule has 1 aromatic carbocycles. The second-order valence-corrected chi connectivity index (χ2v) is 6.01. The third-order valence-electron chi connectivity index (χ3n) is 4.41. The highest BCUT2D eigenvalue weighted by Gasteiger charge is 2.29. The van der Waals surface area contributed by atoms with E-state index in [0.717, 1.165) is 37.7 Å². The molecule has 0 amide bonds. The van der Waals surface area contributed by atoms with Gasteiger partial charge in [0.15, 0.2) is 5.82 Å². The smallest absolute Gasteiger partial charge is 0.173 e. The van der Waals surface area contributed by atoms with Crippen LogP contribution < -0.4 is 0 Å². The molecule has 4 rings (SSSR count). The summed E-state index contributed by atoms with van der Waals surface area (Å²) in [5, 5.41) is 12.5. The lowest BCUT2D eigenvalue weighted by atomic mass is 10.1. The number of hydrogen-bond donors (Lipinski definition) is 0. The van der Waals surface area contributed by atoms with Gasteiger partial charge in [-0.2, -0.15) is 0 Å². The van der Waals surface area contributed by atoms with Crippen molar-refractivity contribution in [3.8, 4) is 0 Å². The molecule has 0 saturated carbocycles. The van der Waals surface area contributed by atoms with Crippen molar-refractivity contribution >= 4 is 0 Å². The first kappa shape index (κ1) is 15.9. The SMILES string of the molecule is c1ccc(Cn2nnnc2[C@@H](c2ccncc2)N2CCOCC2)cc1. The Hall–Kier alpha value is -2.64. The minimum absolute atomic E-state index is 0.00869. The van der Waals surface area contributed by atoms with Crippen LogP contribution in [-0.2, 0) is 11.3 Å². The Morgan fingerprint density at radius 2 is 1.76 bits per heavy atom. The van der Waals surface area contributed by atoms with Crippen molar-refractivity contribution in [1.29, 1.82) is 0 Å². The maximum Gasteiger partial charge on any atom is 0.173 e. The molecule has 3 aromatic rings. The molecule has 1 aliphatic rings. The Morgan fingerprint density at radius 1 is 1.00 bits per heavy atom. The Kier molecular flexibility index (Phi) is 4.76. The number of benzene rings is 1. The highest BCUT2D eigenvalue weighted by atomic mass is 16.5. The number of morpholine rings is 1. The van der Waals surface area contributed by atoms with Gasteiger partial charge in [0.1, 0.15) is 0 Å². The molecule has 0 N–H and O–H groups in total. The summed E-state index contributed by atoms with van der Waals surface area (Å²) in [5.41, 5.74) is 2.31. The van der Waals surface area contributed by atoms with E-state index >= 15 is 0 Å². The summed E-state index contributed by atoms with van der Waals surface area (Å²) in [6, 6.07) is 14.3. The number of pyridine rings is 1. The van der Waals surface area contributed by atoms with Gasteiger partial charge in [-0.15, -0.1) is 5.10 Å². The topological polar surface area (TPSA) is 69.0 Å². The average molecular weight is 336 g/mol. The summed E-state index contributed by atoms with van der Waals surface area (Å²) in [6.45, 7) is 3.80. The van der Waals surface area contributed by atoms with Gasteiger partial charge in [-0.05, 0) is 33.7 Å². The number of tetrazole rings is 1. The molecule has 128 valence electrons. The zero-order chi connectivity index (χ0) is 16.9. The fraction of sp³-hybridized carbons (Fsp3) is 0.333. The summed E-state index contributed by atoms with van der Waals surface area (Å²) in [5.74, 6) is 0.844. The molecule has 1 aliphatic heterocycles. The van der Waals surface area contributed by atoms with Crippen LogP contribution in [0.5, 0.6) is 0 Å². The molecule has 25 heavy (non-hydrogen) atoms. The Balaban J connectivity index is 1.69. The summed E-state index contributed by atoms with van der Waals surface area (Å²) in [7, 11) is 0. The Labute approximate surface area is 146 Å². The summed E-state index contributed by atoms with van der Waals surface area (Å²) in [4.78, 5) is 6.51. The van der Waals surface area contributed by atoms with Gasteiger partial charge in [-0.1, -0.05) is 30.3 Å². The van der Waals surface area contributed by atoms with E-state index in [0.29, 0.717) is 6.54 Å². The molecule has 0 unspecified atom stereocenters. The van der Waals surface area contributed by atoms with Crippen molar-refractivity contribution in [2.45, 2.75) is 12.6 Å². The molecular weight excluding hydrogens is 316 g/mol. The van der Waals surface area contributed by atoms with Crippen LogP contribution in [0.2, 0.25) is 0 Å². The Bertz CT molecular complexity index is 786. The minimum Gasteiger partial charge on any atom is -0.379 e.